The predicted octanol–water partition coefficient (Wildman–Crippen LogP) is 2.60. The van der Waals surface area contributed by atoms with Crippen LogP contribution in [0.2, 0.25) is 0 Å². The van der Waals surface area contributed by atoms with E-state index in [4.69, 9.17) is 0 Å². The number of hydrogen-bond donors (Lipinski definition) is 0. The van der Waals surface area contributed by atoms with E-state index in [0.29, 0.717) is 11.8 Å². The van der Waals surface area contributed by atoms with Gasteiger partial charge in [-0.05, 0) is 13.0 Å². The molecule has 0 bridgehead atoms. The largest absolute Gasteiger partial charge is 0.235 e. The lowest BCUT2D eigenvalue weighted by Crippen LogP contribution is -2.03. The molecule has 0 unspecified atom stereocenters. The third-order valence-corrected chi connectivity index (χ3v) is 2.05. The van der Waals surface area contributed by atoms with Crippen molar-refractivity contribution in [1.29, 1.82) is 0 Å². The quantitative estimate of drug-likeness (QED) is 0.664. The van der Waals surface area contributed by atoms with Crippen molar-refractivity contribution < 1.29 is 13.2 Å². The molecule has 1 aromatic heterocycles. The maximum absolute atomic E-state index is 13.3. The molecule has 0 saturated carbocycles. The molecule has 1 aromatic carbocycles. The highest BCUT2D eigenvalue weighted by atomic mass is 19.2. The van der Waals surface area contributed by atoms with Gasteiger partial charge in [0.15, 0.2) is 17.5 Å². The van der Waals surface area contributed by atoms with E-state index in [-0.39, 0.29) is 5.69 Å². The molecule has 2 aromatic rings. The predicted molar refractivity (Wildman–Crippen MR) is 48.2 cm³/mol. The van der Waals surface area contributed by atoms with Crippen molar-refractivity contribution in [2.45, 2.75) is 6.92 Å². The van der Waals surface area contributed by atoms with Gasteiger partial charge in [-0.1, -0.05) is 0 Å². The minimum atomic E-state index is -1.21. The first kappa shape index (κ1) is 9.76. The molecule has 0 N–H and O–H groups in total. The first-order valence-electron chi connectivity index (χ1n) is 4.25. The lowest BCUT2D eigenvalue weighted by molar-refractivity contribution is 0.491. The monoisotopic (exact) mass is 212 g/mol. The van der Waals surface area contributed by atoms with Crippen LogP contribution in [0, 0.1) is 24.4 Å². The summed E-state index contributed by atoms with van der Waals surface area (Å²) >= 11 is 0. The van der Waals surface area contributed by atoms with Crippen LogP contribution in [0.4, 0.5) is 13.2 Å². The zero-order chi connectivity index (χ0) is 11.0. The van der Waals surface area contributed by atoms with Crippen molar-refractivity contribution in [3.8, 4) is 5.69 Å². The Kier molecular flexibility index (Phi) is 2.22. The molecule has 5 heteroatoms. The SMILES string of the molecule is Cc1ccnn1-c1cc(F)c(F)cc1F. The van der Waals surface area contributed by atoms with Gasteiger partial charge in [0.1, 0.15) is 5.69 Å². The van der Waals surface area contributed by atoms with E-state index in [1.165, 1.54) is 10.9 Å². The number of benzene rings is 1. The Bertz CT molecular complexity index is 505. The van der Waals surface area contributed by atoms with Crippen molar-refractivity contribution >= 4 is 0 Å². The van der Waals surface area contributed by atoms with Gasteiger partial charge in [0, 0.05) is 24.0 Å². The number of nitrogens with zero attached hydrogens (tertiary/aromatic N) is 2. The van der Waals surface area contributed by atoms with Gasteiger partial charge in [0.2, 0.25) is 0 Å². The van der Waals surface area contributed by atoms with Crippen LogP contribution in [0.5, 0.6) is 0 Å². The van der Waals surface area contributed by atoms with Gasteiger partial charge in [0.25, 0.3) is 0 Å². The fourth-order valence-corrected chi connectivity index (χ4v) is 1.30. The summed E-state index contributed by atoms with van der Waals surface area (Å²) < 4.78 is 40.1. The van der Waals surface area contributed by atoms with Gasteiger partial charge < -0.3 is 0 Å². The lowest BCUT2D eigenvalue weighted by Gasteiger charge is -2.06. The molecular weight excluding hydrogens is 205 g/mol. The Labute approximate surface area is 84.0 Å². The zero-order valence-electron chi connectivity index (χ0n) is 7.84. The van der Waals surface area contributed by atoms with Crippen LogP contribution in [0.3, 0.4) is 0 Å². The second-order valence-electron chi connectivity index (χ2n) is 3.10. The van der Waals surface area contributed by atoms with Gasteiger partial charge in [-0.3, -0.25) is 0 Å². The number of aryl methyl sites for hydroxylation is 1. The van der Waals surface area contributed by atoms with Gasteiger partial charge in [-0.25, -0.2) is 17.9 Å². The highest BCUT2D eigenvalue weighted by molar-refractivity contribution is 5.35. The van der Waals surface area contributed by atoms with Gasteiger partial charge in [-0.15, -0.1) is 0 Å². The summed E-state index contributed by atoms with van der Waals surface area (Å²) in [4.78, 5) is 0. The number of hydrogen-bond acceptors (Lipinski definition) is 1. The molecule has 0 atom stereocenters. The molecule has 0 aliphatic heterocycles. The first-order valence-corrected chi connectivity index (χ1v) is 4.25. The molecule has 0 saturated heterocycles. The fraction of sp³-hybridized carbons (Fsp3) is 0.100. The summed E-state index contributed by atoms with van der Waals surface area (Å²) in [5.41, 5.74) is 0.538. The van der Waals surface area contributed by atoms with Crippen LogP contribution >= 0.6 is 0 Å². The molecule has 0 spiro atoms. The van der Waals surface area contributed by atoms with Crippen LogP contribution in [0.25, 0.3) is 5.69 Å². The Morgan fingerprint density at radius 2 is 1.73 bits per heavy atom. The summed E-state index contributed by atoms with van der Waals surface area (Å²) in [6.07, 6.45) is 1.45. The van der Waals surface area contributed by atoms with Crippen molar-refractivity contribution in [2.24, 2.45) is 0 Å². The van der Waals surface area contributed by atoms with E-state index < -0.39 is 17.5 Å². The Hall–Kier alpha value is -1.78. The van der Waals surface area contributed by atoms with Crippen LogP contribution in [0.15, 0.2) is 24.4 Å². The summed E-state index contributed by atoms with van der Waals surface area (Å²) in [5.74, 6) is -3.15. The maximum atomic E-state index is 13.3. The molecule has 15 heavy (non-hydrogen) atoms. The van der Waals surface area contributed by atoms with Crippen LogP contribution < -0.4 is 0 Å². The molecule has 0 amide bonds. The molecular formula is C10H7F3N2. The molecule has 2 nitrogen and oxygen atoms in total. The van der Waals surface area contributed by atoms with E-state index >= 15 is 0 Å². The zero-order valence-corrected chi connectivity index (χ0v) is 7.84. The van der Waals surface area contributed by atoms with E-state index in [1.54, 1.807) is 13.0 Å². The third kappa shape index (κ3) is 1.60. The molecule has 2 rings (SSSR count). The summed E-state index contributed by atoms with van der Waals surface area (Å²) in [6, 6.07) is 2.93. The topological polar surface area (TPSA) is 17.8 Å². The Morgan fingerprint density at radius 1 is 1.07 bits per heavy atom. The van der Waals surface area contributed by atoms with E-state index in [9.17, 15) is 13.2 Å². The minimum absolute atomic E-state index is 0.101. The second kappa shape index (κ2) is 3.42. The van der Waals surface area contributed by atoms with Crippen molar-refractivity contribution in [3.63, 3.8) is 0 Å². The van der Waals surface area contributed by atoms with Crippen LogP contribution in [0.1, 0.15) is 5.69 Å². The smallest absolute Gasteiger partial charge is 0.161 e. The fourth-order valence-electron chi connectivity index (χ4n) is 1.30. The summed E-state index contributed by atoms with van der Waals surface area (Å²) in [7, 11) is 0. The van der Waals surface area contributed by atoms with Crippen LogP contribution in [-0.4, -0.2) is 9.78 Å². The maximum Gasteiger partial charge on any atom is 0.161 e. The highest BCUT2D eigenvalue weighted by Gasteiger charge is 2.12. The molecule has 0 aliphatic carbocycles. The molecule has 0 fully saturated rings. The van der Waals surface area contributed by atoms with Crippen LogP contribution in [-0.2, 0) is 0 Å². The minimum Gasteiger partial charge on any atom is -0.235 e. The summed E-state index contributed by atoms with van der Waals surface area (Å²) in [6.45, 7) is 1.69. The van der Waals surface area contributed by atoms with Gasteiger partial charge in [0.05, 0.1) is 0 Å². The standard InChI is InChI=1S/C10H7F3N2/c1-6-2-3-14-15(6)10-5-8(12)7(11)4-9(10)13/h2-5H,1H3. The summed E-state index contributed by atoms with van der Waals surface area (Å²) in [5, 5.41) is 3.81. The van der Waals surface area contributed by atoms with Gasteiger partial charge in [-0.2, -0.15) is 5.10 Å². The molecule has 0 radical (unpaired) electrons. The average molecular weight is 212 g/mol. The van der Waals surface area contributed by atoms with E-state index in [2.05, 4.69) is 5.10 Å². The normalized spacial score (nSPS) is 10.7. The van der Waals surface area contributed by atoms with Crippen molar-refractivity contribution in [2.75, 3.05) is 0 Å². The van der Waals surface area contributed by atoms with E-state index in [1.807, 2.05) is 0 Å². The average Bonchev–Trinajstić information content (AvgIpc) is 2.58. The van der Waals surface area contributed by atoms with Gasteiger partial charge >= 0.3 is 0 Å². The molecule has 0 aliphatic rings. The lowest BCUT2D eigenvalue weighted by atomic mass is 10.3. The number of aromatic nitrogens is 2. The van der Waals surface area contributed by atoms with E-state index in [0.717, 1.165) is 6.07 Å². The third-order valence-electron chi connectivity index (χ3n) is 2.05. The van der Waals surface area contributed by atoms with Crippen molar-refractivity contribution in [1.82, 2.24) is 9.78 Å². The second-order valence-corrected chi connectivity index (χ2v) is 3.10. The Morgan fingerprint density at radius 3 is 2.33 bits per heavy atom. The Balaban J connectivity index is 2.64. The number of rotatable bonds is 1. The number of halogens is 3. The highest BCUT2D eigenvalue weighted by Crippen LogP contribution is 2.18. The van der Waals surface area contributed by atoms with Crippen molar-refractivity contribution in [3.05, 3.63) is 47.5 Å². The first-order chi connectivity index (χ1) is 7.09. The molecule has 78 valence electrons. The molecule has 1 heterocycles.